The van der Waals surface area contributed by atoms with Gasteiger partial charge in [0, 0.05) is 23.7 Å². The Labute approximate surface area is 303 Å². The van der Waals surface area contributed by atoms with Crippen molar-refractivity contribution in [3.05, 3.63) is 58.5 Å². The molecular weight excluding hydrogens is 690 g/mol. The number of allylic oxidation sites excluding steroid dienone is 2. The van der Waals surface area contributed by atoms with Crippen LogP contribution in [0.2, 0.25) is 0 Å². The van der Waals surface area contributed by atoms with Crippen LogP contribution in [0, 0.1) is 5.92 Å². The number of aromatic hydroxyl groups is 1. The number of amides is 4. The van der Waals surface area contributed by atoms with Crippen molar-refractivity contribution >= 4 is 50.7 Å². The molecule has 1 saturated carbocycles. The van der Waals surface area contributed by atoms with E-state index in [1.54, 1.807) is 30.4 Å². The highest BCUT2D eigenvalue weighted by Gasteiger charge is 2.41. The van der Waals surface area contributed by atoms with Gasteiger partial charge in [-0.25, -0.2) is 13.2 Å². The summed E-state index contributed by atoms with van der Waals surface area (Å²) in [4.78, 5) is 69.5. The van der Waals surface area contributed by atoms with Crippen molar-refractivity contribution in [3.8, 4) is 5.75 Å². The van der Waals surface area contributed by atoms with E-state index < -0.39 is 57.2 Å². The summed E-state index contributed by atoms with van der Waals surface area (Å²) in [6.07, 6.45) is 14.7. The molecule has 3 heterocycles. The first-order valence-electron chi connectivity index (χ1n) is 18.2. The van der Waals surface area contributed by atoms with E-state index in [2.05, 4.69) is 20.3 Å². The fraction of sp³-hybridized carbons (Fsp3) is 0.541. The zero-order valence-electron chi connectivity index (χ0n) is 29.5. The van der Waals surface area contributed by atoms with E-state index in [1.165, 1.54) is 11.1 Å². The molecule has 0 bridgehead atoms. The monoisotopic (exact) mass is 739 g/mol. The van der Waals surface area contributed by atoms with E-state index in [-0.39, 0.29) is 30.3 Å². The van der Waals surface area contributed by atoms with Crippen molar-refractivity contribution in [2.75, 3.05) is 13.2 Å². The molecule has 4 atom stereocenters. The standard InChI is InChI=1S/C37H49N5O9S/c1-24(11-8-9-12-26-21-28-25(22-32(26)43)18-19-38-33(28)44)23-51-37(48)40-30-14-7-5-3-2-4-6-13-29(34(45)41-52(49,50)27-16-17-27)39-35(46)31-15-10-20-42(31)36(30)47/h4,6,9,12,18-19,21-22,24,27,29-31,43H,2-3,5,7-8,10-11,13-17,20,23H2,1H3,(H,38,44)(H,39,46)(H,40,48)(H,41,45)/b6-4-,12-9+/t24-,29?,30+,31+/m1/s1. The van der Waals surface area contributed by atoms with E-state index in [0.29, 0.717) is 80.7 Å². The molecule has 5 N–H and O–H groups in total. The Morgan fingerprint density at radius 3 is 2.67 bits per heavy atom. The first-order chi connectivity index (χ1) is 24.9. The second kappa shape index (κ2) is 17.7. The average Bonchev–Trinajstić information content (AvgIpc) is 3.86. The van der Waals surface area contributed by atoms with Crippen LogP contribution in [0.3, 0.4) is 0 Å². The van der Waals surface area contributed by atoms with Gasteiger partial charge in [0.1, 0.15) is 23.9 Å². The minimum Gasteiger partial charge on any atom is -0.507 e. The van der Waals surface area contributed by atoms with Crippen LogP contribution in [0.15, 0.2) is 47.4 Å². The summed E-state index contributed by atoms with van der Waals surface area (Å²) in [7, 11) is -3.81. The predicted molar refractivity (Wildman–Crippen MR) is 196 cm³/mol. The summed E-state index contributed by atoms with van der Waals surface area (Å²) in [6.45, 7) is 2.34. The third kappa shape index (κ3) is 10.5. The third-order valence-corrected chi connectivity index (χ3v) is 11.5. The normalized spacial score (nSPS) is 23.2. The number of nitrogens with zero attached hydrogens (tertiary/aromatic N) is 1. The molecule has 1 aromatic heterocycles. The fourth-order valence-corrected chi connectivity index (χ4v) is 7.87. The smallest absolute Gasteiger partial charge is 0.407 e. The largest absolute Gasteiger partial charge is 0.507 e. The van der Waals surface area contributed by atoms with Crippen molar-refractivity contribution in [3.63, 3.8) is 0 Å². The van der Waals surface area contributed by atoms with Crippen molar-refractivity contribution in [1.82, 2.24) is 25.2 Å². The number of sulfonamides is 1. The first kappa shape index (κ1) is 38.6. The number of fused-ring (bicyclic) bond motifs is 2. The summed E-state index contributed by atoms with van der Waals surface area (Å²) in [5.74, 6) is -1.71. The highest BCUT2D eigenvalue weighted by molar-refractivity contribution is 7.90. The number of carbonyl (C=O) groups excluding carboxylic acids is 4. The number of rotatable bonds is 10. The van der Waals surface area contributed by atoms with Crippen molar-refractivity contribution in [2.45, 2.75) is 107 Å². The van der Waals surface area contributed by atoms with Gasteiger partial charge in [-0.1, -0.05) is 44.1 Å². The summed E-state index contributed by atoms with van der Waals surface area (Å²) in [5, 5.41) is 16.3. The van der Waals surface area contributed by atoms with Gasteiger partial charge in [0.15, 0.2) is 0 Å². The summed E-state index contributed by atoms with van der Waals surface area (Å²) >= 11 is 0. The molecule has 1 aromatic carbocycles. The molecule has 0 radical (unpaired) electrons. The van der Waals surface area contributed by atoms with Gasteiger partial charge >= 0.3 is 6.09 Å². The Bertz CT molecular complexity index is 1850. The number of ether oxygens (including phenoxy) is 1. The molecule has 1 saturated heterocycles. The zero-order valence-corrected chi connectivity index (χ0v) is 30.3. The Morgan fingerprint density at radius 1 is 1.08 bits per heavy atom. The van der Waals surface area contributed by atoms with Gasteiger partial charge in [-0.3, -0.25) is 23.9 Å². The van der Waals surface area contributed by atoms with E-state index in [1.807, 2.05) is 19.1 Å². The number of H-pyrrole nitrogens is 1. The number of phenols is 1. The Kier molecular flexibility index (Phi) is 13.1. The van der Waals surface area contributed by atoms with E-state index in [4.69, 9.17) is 4.74 Å². The molecule has 52 heavy (non-hydrogen) atoms. The lowest BCUT2D eigenvalue weighted by atomic mass is 10.0. The highest BCUT2D eigenvalue weighted by atomic mass is 32.2. The fourth-order valence-electron chi connectivity index (χ4n) is 6.52. The SMILES string of the molecule is C[C@H](CC/C=C/c1cc2c(=O)[nH]ccc2cc1O)COC(=O)N[C@H]1CCCCC/C=C\CC(C(=O)NS(=O)(=O)C2CC2)NC(=O)[C@@H]2CCCN2C1=O. The molecule has 14 nitrogen and oxygen atoms in total. The van der Waals surface area contributed by atoms with Crippen molar-refractivity contribution in [1.29, 1.82) is 0 Å². The maximum atomic E-state index is 13.8. The summed E-state index contributed by atoms with van der Waals surface area (Å²) < 4.78 is 32.5. The predicted octanol–water partition coefficient (Wildman–Crippen LogP) is 3.75. The van der Waals surface area contributed by atoms with Crippen LogP contribution >= 0.6 is 0 Å². The molecule has 282 valence electrons. The molecule has 2 fully saturated rings. The molecule has 1 unspecified atom stereocenters. The number of aromatic nitrogens is 1. The summed E-state index contributed by atoms with van der Waals surface area (Å²) in [6, 6.07) is 1.99. The maximum Gasteiger partial charge on any atom is 0.407 e. The van der Waals surface area contributed by atoms with Crippen molar-refractivity contribution < 1.29 is 37.4 Å². The lowest BCUT2D eigenvalue weighted by molar-refractivity contribution is -0.140. The number of hydrogen-bond acceptors (Lipinski definition) is 9. The lowest BCUT2D eigenvalue weighted by Crippen LogP contribution is -2.56. The molecule has 2 aromatic rings. The quantitative estimate of drug-likeness (QED) is 0.225. The van der Waals surface area contributed by atoms with Crippen LogP contribution in [0.25, 0.3) is 16.8 Å². The van der Waals surface area contributed by atoms with Gasteiger partial charge < -0.3 is 30.4 Å². The second-order valence-electron chi connectivity index (χ2n) is 14.0. The van der Waals surface area contributed by atoms with Crippen LogP contribution in [0.4, 0.5) is 4.79 Å². The van der Waals surface area contributed by atoms with Gasteiger partial charge in [-0.05, 0) is 93.7 Å². The topological polar surface area (TPSA) is 204 Å². The molecule has 1 aliphatic carbocycles. The van der Waals surface area contributed by atoms with Crippen LogP contribution < -0.4 is 20.9 Å². The average molecular weight is 740 g/mol. The van der Waals surface area contributed by atoms with Gasteiger partial charge in [0.25, 0.3) is 11.5 Å². The molecule has 5 rings (SSSR count). The van der Waals surface area contributed by atoms with Crippen molar-refractivity contribution in [2.24, 2.45) is 5.92 Å². The number of hydrogen-bond donors (Lipinski definition) is 5. The highest BCUT2D eigenvalue weighted by Crippen LogP contribution is 2.28. The summed E-state index contributed by atoms with van der Waals surface area (Å²) in [5.41, 5.74) is 0.285. The van der Waals surface area contributed by atoms with E-state index in [9.17, 15) is 37.5 Å². The number of carbonyl (C=O) groups is 4. The van der Waals surface area contributed by atoms with Gasteiger partial charge in [-0.15, -0.1) is 0 Å². The van der Waals surface area contributed by atoms with Crippen LogP contribution in [0.5, 0.6) is 5.75 Å². The van der Waals surface area contributed by atoms with Gasteiger partial charge in [0.2, 0.25) is 21.8 Å². The minimum atomic E-state index is -3.81. The second-order valence-corrected chi connectivity index (χ2v) is 16.0. The van der Waals surface area contributed by atoms with Crippen LogP contribution in [-0.2, 0) is 29.1 Å². The molecule has 15 heteroatoms. The molecule has 0 spiro atoms. The maximum absolute atomic E-state index is 13.8. The molecule has 3 aliphatic rings. The Morgan fingerprint density at radius 2 is 1.88 bits per heavy atom. The molecular formula is C37H49N5O9S. The number of aromatic amines is 1. The zero-order chi connectivity index (χ0) is 37.3. The number of benzene rings is 1. The Hall–Kier alpha value is -4.66. The van der Waals surface area contributed by atoms with Crippen LogP contribution in [-0.4, -0.2) is 83.8 Å². The number of pyridine rings is 1. The van der Waals surface area contributed by atoms with E-state index in [0.717, 1.165) is 12.8 Å². The van der Waals surface area contributed by atoms with Crippen LogP contribution in [0.1, 0.15) is 89.5 Å². The minimum absolute atomic E-state index is 0.0174. The Balaban J connectivity index is 1.15. The lowest BCUT2D eigenvalue weighted by Gasteiger charge is -2.29. The molecule has 2 aliphatic heterocycles. The number of phenolic OH excluding ortho intramolecular Hbond substituents is 1. The van der Waals surface area contributed by atoms with Gasteiger partial charge in [-0.2, -0.15) is 0 Å². The molecule has 4 amide bonds. The van der Waals surface area contributed by atoms with E-state index >= 15 is 0 Å². The first-order valence-corrected chi connectivity index (χ1v) is 19.7. The van der Waals surface area contributed by atoms with Gasteiger partial charge in [0.05, 0.1) is 11.9 Å². The third-order valence-electron chi connectivity index (χ3n) is 9.71. The number of nitrogens with one attached hydrogen (secondary N) is 4. The number of alkyl carbamates (subject to hydrolysis) is 1.